The summed E-state index contributed by atoms with van der Waals surface area (Å²) in [5.74, 6) is 2.32. The highest BCUT2D eigenvalue weighted by Gasteiger charge is 2.26. The smallest absolute Gasteiger partial charge is 0.0962 e. The summed E-state index contributed by atoms with van der Waals surface area (Å²) in [5, 5.41) is 4.87. The average Bonchev–Trinajstić information content (AvgIpc) is 2.93. The van der Waals surface area contributed by atoms with Crippen LogP contribution in [0.4, 0.5) is 0 Å². The van der Waals surface area contributed by atoms with Crippen LogP contribution in [0.1, 0.15) is 68.5 Å². The standard InChI is InChI=1S/C16H28N2S/c1-5-17-10-15-14(8-11(2)3)18-16(19-15)13-7-6-12(4)9-13/h11-13,17H,5-10H2,1-4H3. The van der Waals surface area contributed by atoms with Gasteiger partial charge in [-0.2, -0.15) is 0 Å². The van der Waals surface area contributed by atoms with Crippen LogP contribution in [0.5, 0.6) is 0 Å². The number of nitrogens with one attached hydrogen (secondary N) is 1. The Morgan fingerprint density at radius 1 is 1.37 bits per heavy atom. The zero-order valence-corrected chi connectivity index (χ0v) is 13.6. The van der Waals surface area contributed by atoms with E-state index in [9.17, 15) is 0 Å². The van der Waals surface area contributed by atoms with Gasteiger partial charge in [0, 0.05) is 17.3 Å². The Balaban J connectivity index is 2.13. The fourth-order valence-corrected chi connectivity index (χ4v) is 4.14. The molecule has 1 fully saturated rings. The molecule has 0 saturated heterocycles. The molecule has 0 amide bonds. The van der Waals surface area contributed by atoms with Crippen LogP contribution >= 0.6 is 11.3 Å². The lowest BCUT2D eigenvalue weighted by atomic mass is 10.1. The van der Waals surface area contributed by atoms with Crippen LogP contribution < -0.4 is 5.32 Å². The van der Waals surface area contributed by atoms with Crippen LogP contribution in [0.15, 0.2) is 0 Å². The molecule has 2 rings (SSSR count). The first-order valence-corrected chi connectivity index (χ1v) is 8.61. The molecule has 0 aromatic carbocycles. The van der Waals surface area contributed by atoms with Gasteiger partial charge in [-0.25, -0.2) is 4.98 Å². The molecule has 1 aromatic heterocycles. The molecule has 1 aliphatic rings. The summed E-state index contributed by atoms with van der Waals surface area (Å²) in [6.07, 6.45) is 5.19. The highest BCUT2D eigenvalue weighted by atomic mass is 32.1. The zero-order chi connectivity index (χ0) is 13.8. The summed E-state index contributed by atoms with van der Waals surface area (Å²) in [7, 11) is 0. The molecule has 1 aromatic rings. The number of nitrogens with zero attached hydrogens (tertiary/aromatic N) is 1. The van der Waals surface area contributed by atoms with E-state index < -0.39 is 0 Å². The van der Waals surface area contributed by atoms with Crippen LogP contribution in [0.3, 0.4) is 0 Å². The number of aromatic nitrogens is 1. The first kappa shape index (κ1) is 15.0. The van der Waals surface area contributed by atoms with Crippen molar-refractivity contribution in [2.75, 3.05) is 6.54 Å². The van der Waals surface area contributed by atoms with E-state index in [2.05, 4.69) is 33.0 Å². The van der Waals surface area contributed by atoms with Crippen molar-refractivity contribution in [2.45, 2.75) is 65.8 Å². The van der Waals surface area contributed by atoms with Gasteiger partial charge in [-0.15, -0.1) is 11.3 Å². The maximum Gasteiger partial charge on any atom is 0.0962 e. The maximum atomic E-state index is 5.00. The van der Waals surface area contributed by atoms with Gasteiger partial charge in [-0.3, -0.25) is 0 Å². The predicted molar refractivity (Wildman–Crippen MR) is 83.8 cm³/mol. The van der Waals surface area contributed by atoms with Crippen molar-refractivity contribution in [1.82, 2.24) is 10.3 Å². The molecule has 3 heteroatoms. The van der Waals surface area contributed by atoms with Crippen molar-refractivity contribution in [2.24, 2.45) is 11.8 Å². The van der Waals surface area contributed by atoms with Crippen LogP contribution in [0, 0.1) is 11.8 Å². The molecule has 1 N–H and O–H groups in total. The lowest BCUT2D eigenvalue weighted by molar-refractivity contribution is 0.592. The van der Waals surface area contributed by atoms with E-state index in [-0.39, 0.29) is 0 Å². The fourth-order valence-electron chi connectivity index (χ4n) is 2.93. The monoisotopic (exact) mass is 280 g/mol. The molecule has 0 aliphatic heterocycles. The van der Waals surface area contributed by atoms with E-state index >= 15 is 0 Å². The lowest BCUT2D eigenvalue weighted by Gasteiger charge is -2.05. The summed E-state index contributed by atoms with van der Waals surface area (Å²) < 4.78 is 0. The molecule has 108 valence electrons. The molecule has 19 heavy (non-hydrogen) atoms. The second-order valence-electron chi connectivity index (χ2n) is 6.42. The van der Waals surface area contributed by atoms with Crippen molar-refractivity contribution >= 4 is 11.3 Å². The molecule has 1 saturated carbocycles. The van der Waals surface area contributed by atoms with Gasteiger partial charge < -0.3 is 5.32 Å². The van der Waals surface area contributed by atoms with E-state index in [1.807, 2.05) is 11.3 Å². The highest BCUT2D eigenvalue weighted by molar-refractivity contribution is 7.11. The molecule has 0 bridgehead atoms. The summed E-state index contributed by atoms with van der Waals surface area (Å²) in [5.41, 5.74) is 1.36. The van der Waals surface area contributed by atoms with Crippen molar-refractivity contribution in [3.63, 3.8) is 0 Å². The normalized spacial score (nSPS) is 23.4. The van der Waals surface area contributed by atoms with Gasteiger partial charge in [0.2, 0.25) is 0 Å². The summed E-state index contributed by atoms with van der Waals surface area (Å²) in [6.45, 7) is 11.2. The second-order valence-corrected chi connectivity index (χ2v) is 7.53. The lowest BCUT2D eigenvalue weighted by Crippen LogP contribution is -2.12. The van der Waals surface area contributed by atoms with Gasteiger partial charge in [-0.1, -0.05) is 34.1 Å². The maximum absolute atomic E-state index is 5.00. The van der Waals surface area contributed by atoms with Gasteiger partial charge in [0.25, 0.3) is 0 Å². The zero-order valence-electron chi connectivity index (χ0n) is 12.8. The second kappa shape index (κ2) is 6.85. The Hall–Kier alpha value is -0.410. The topological polar surface area (TPSA) is 24.9 Å². The highest BCUT2D eigenvalue weighted by Crippen LogP contribution is 2.40. The van der Waals surface area contributed by atoms with E-state index in [1.165, 1.54) is 34.8 Å². The van der Waals surface area contributed by atoms with E-state index in [0.29, 0.717) is 5.92 Å². The minimum atomic E-state index is 0.692. The molecule has 2 atom stereocenters. The van der Waals surface area contributed by atoms with Crippen molar-refractivity contribution in [3.05, 3.63) is 15.6 Å². The Bertz CT molecular complexity index is 397. The Kier molecular flexibility index (Phi) is 5.40. The van der Waals surface area contributed by atoms with E-state index in [1.54, 1.807) is 0 Å². The van der Waals surface area contributed by atoms with Gasteiger partial charge in [0.05, 0.1) is 10.7 Å². The third-order valence-corrected chi connectivity index (χ3v) is 5.24. The summed E-state index contributed by atoms with van der Waals surface area (Å²) >= 11 is 1.97. The van der Waals surface area contributed by atoms with Crippen LogP contribution in [-0.4, -0.2) is 11.5 Å². The molecule has 1 aliphatic carbocycles. The SMILES string of the molecule is CCNCc1sc(C2CCC(C)C2)nc1CC(C)C. The van der Waals surface area contributed by atoms with Crippen molar-refractivity contribution in [3.8, 4) is 0 Å². The van der Waals surface area contributed by atoms with E-state index in [0.717, 1.165) is 31.3 Å². The molecule has 2 unspecified atom stereocenters. The van der Waals surface area contributed by atoms with Crippen molar-refractivity contribution < 1.29 is 0 Å². The number of hydrogen-bond donors (Lipinski definition) is 1. The Morgan fingerprint density at radius 2 is 2.16 bits per heavy atom. The van der Waals surface area contributed by atoms with Gasteiger partial charge >= 0.3 is 0 Å². The molecule has 1 heterocycles. The number of hydrogen-bond acceptors (Lipinski definition) is 3. The fraction of sp³-hybridized carbons (Fsp3) is 0.812. The molecule has 0 radical (unpaired) electrons. The summed E-state index contributed by atoms with van der Waals surface area (Å²) in [6, 6.07) is 0. The third kappa shape index (κ3) is 4.03. The van der Waals surface area contributed by atoms with Gasteiger partial charge in [0.1, 0.15) is 0 Å². The summed E-state index contributed by atoms with van der Waals surface area (Å²) in [4.78, 5) is 6.48. The van der Waals surface area contributed by atoms with Crippen LogP contribution in [0.25, 0.3) is 0 Å². The average molecular weight is 280 g/mol. The number of rotatable bonds is 6. The molecule has 2 nitrogen and oxygen atoms in total. The molecule has 0 spiro atoms. The number of thiazole rings is 1. The van der Waals surface area contributed by atoms with E-state index in [4.69, 9.17) is 4.98 Å². The van der Waals surface area contributed by atoms with Crippen LogP contribution in [-0.2, 0) is 13.0 Å². The van der Waals surface area contributed by atoms with Crippen LogP contribution in [0.2, 0.25) is 0 Å². The van der Waals surface area contributed by atoms with Gasteiger partial charge in [0.15, 0.2) is 0 Å². The Morgan fingerprint density at radius 3 is 2.74 bits per heavy atom. The minimum Gasteiger partial charge on any atom is -0.312 e. The van der Waals surface area contributed by atoms with Crippen molar-refractivity contribution in [1.29, 1.82) is 0 Å². The predicted octanol–water partition coefficient (Wildman–Crippen LogP) is 4.35. The third-order valence-electron chi connectivity index (χ3n) is 3.98. The quantitative estimate of drug-likeness (QED) is 0.837. The largest absolute Gasteiger partial charge is 0.312 e. The Labute approximate surface area is 122 Å². The molecular formula is C16H28N2S. The van der Waals surface area contributed by atoms with Gasteiger partial charge in [-0.05, 0) is 37.6 Å². The minimum absolute atomic E-state index is 0.692. The molecular weight excluding hydrogens is 252 g/mol. The first-order chi connectivity index (χ1) is 9.10. The first-order valence-electron chi connectivity index (χ1n) is 7.79.